The van der Waals surface area contributed by atoms with Crippen LogP contribution in [0, 0.1) is 5.92 Å². The van der Waals surface area contributed by atoms with E-state index in [1.54, 1.807) is 0 Å². The van der Waals surface area contributed by atoms with Crippen LogP contribution in [0.4, 0.5) is 17.1 Å². The summed E-state index contributed by atoms with van der Waals surface area (Å²) in [5.41, 5.74) is 21.2. The Morgan fingerprint density at radius 2 is 1.60 bits per heavy atom. The van der Waals surface area contributed by atoms with Crippen LogP contribution in [0.1, 0.15) is 29.9 Å². The number of hydrogen-bond acceptors (Lipinski definition) is 3. The normalized spacial score (nSPS) is 21.2. The summed E-state index contributed by atoms with van der Waals surface area (Å²) in [5.74, 6) is 0.924. The standard InChI is InChI=1S/C40H33N3/c41-38-24-29-21-28(23-36-34-19-17-26-10-5-7-15-32(26)40(34)43(38)39(29)36)27-18-20-37(42-30-12-2-1-3-13-30)35(22-27)33-16-8-11-25-9-4-6-14-31(25)33/h1-16,18,20-23,26,34,38,42H,17,19,24,41H2/t26?,34?,38-/m1/s1. The summed E-state index contributed by atoms with van der Waals surface area (Å²) < 4.78 is 0. The van der Waals surface area contributed by atoms with Gasteiger partial charge in [-0.2, -0.15) is 0 Å². The zero-order valence-corrected chi connectivity index (χ0v) is 24.0. The van der Waals surface area contributed by atoms with Crippen molar-refractivity contribution in [2.75, 3.05) is 10.2 Å². The molecule has 0 radical (unpaired) electrons. The molecule has 0 spiro atoms. The molecule has 0 bridgehead atoms. The first kappa shape index (κ1) is 24.7. The highest BCUT2D eigenvalue weighted by molar-refractivity contribution is 6.01. The van der Waals surface area contributed by atoms with E-state index >= 15 is 0 Å². The summed E-state index contributed by atoms with van der Waals surface area (Å²) in [7, 11) is 0. The third kappa shape index (κ3) is 3.85. The molecule has 9 rings (SSSR count). The van der Waals surface area contributed by atoms with Crippen molar-refractivity contribution < 1.29 is 0 Å². The van der Waals surface area contributed by atoms with Gasteiger partial charge >= 0.3 is 0 Å². The maximum absolute atomic E-state index is 6.88. The molecule has 0 saturated heterocycles. The molecule has 2 unspecified atom stereocenters. The molecule has 3 nitrogen and oxygen atoms in total. The van der Waals surface area contributed by atoms with E-state index in [0.717, 1.165) is 17.8 Å². The summed E-state index contributed by atoms with van der Waals surface area (Å²) in [4.78, 5) is 2.48. The zero-order valence-electron chi connectivity index (χ0n) is 24.0. The Morgan fingerprint density at radius 3 is 2.53 bits per heavy atom. The smallest absolute Gasteiger partial charge is 0.0859 e. The predicted molar refractivity (Wildman–Crippen MR) is 179 cm³/mol. The van der Waals surface area contributed by atoms with Crippen LogP contribution in [-0.2, 0) is 6.42 Å². The summed E-state index contributed by atoms with van der Waals surface area (Å²) in [6, 6.07) is 37.5. The van der Waals surface area contributed by atoms with Gasteiger partial charge in [0, 0.05) is 46.6 Å². The van der Waals surface area contributed by atoms with E-state index in [1.165, 1.54) is 74.0 Å². The average molecular weight is 556 g/mol. The second-order valence-corrected chi connectivity index (χ2v) is 12.3. The maximum Gasteiger partial charge on any atom is 0.0859 e. The van der Waals surface area contributed by atoms with E-state index in [4.69, 9.17) is 5.73 Å². The molecule has 4 aliphatic rings. The lowest BCUT2D eigenvalue weighted by Crippen LogP contribution is -2.39. The van der Waals surface area contributed by atoms with E-state index in [2.05, 4.69) is 138 Å². The van der Waals surface area contributed by atoms with Crippen LogP contribution in [0.3, 0.4) is 0 Å². The molecule has 208 valence electrons. The zero-order chi connectivity index (χ0) is 28.5. The predicted octanol–water partition coefficient (Wildman–Crippen LogP) is 9.45. The Morgan fingerprint density at radius 1 is 0.744 bits per heavy atom. The Bertz CT molecular complexity index is 2010. The third-order valence-corrected chi connectivity index (χ3v) is 9.86. The van der Waals surface area contributed by atoms with Crippen LogP contribution in [0.2, 0.25) is 0 Å². The van der Waals surface area contributed by atoms with Gasteiger partial charge in [-0.05, 0) is 93.4 Å². The maximum atomic E-state index is 6.88. The van der Waals surface area contributed by atoms with Crippen molar-refractivity contribution in [3.8, 4) is 22.3 Å². The van der Waals surface area contributed by atoms with Crippen molar-refractivity contribution in [1.29, 1.82) is 0 Å². The van der Waals surface area contributed by atoms with Gasteiger partial charge in [0.2, 0.25) is 0 Å². The third-order valence-electron chi connectivity index (χ3n) is 9.86. The number of para-hydroxylation sites is 1. The molecule has 5 aromatic carbocycles. The molecule has 0 aromatic heterocycles. The highest BCUT2D eigenvalue weighted by Crippen LogP contribution is 2.57. The molecule has 0 saturated carbocycles. The minimum Gasteiger partial charge on any atom is -0.355 e. The highest BCUT2D eigenvalue weighted by Gasteiger charge is 2.46. The van der Waals surface area contributed by atoms with Crippen LogP contribution in [0.25, 0.3) is 33.0 Å². The fraction of sp³-hybridized carbons (Fsp3) is 0.150. The monoisotopic (exact) mass is 555 g/mol. The van der Waals surface area contributed by atoms with Crippen LogP contribution in [-0.4, -0.2) is 6.17 Å². The van der Waals surface area contributed by atoms with Gasteiger partial charge in [0.15, 0.2) is 0 Å². The molecular formula is C40H33N3. The number of rotatable bonds is 4. The number of nitrogens with two attached hydrogens (primary N) is 1. The molecule has 0 fully saturated rings. The average Bonchev–Trinajstić information content (AvgIpc) is 3.58. The highest BCUT2D eigenvalue weighted by atomic mass is 15.3. The van der Waals surface area contributed by atoms with Gasteiger partial charge in [-0.15, -0.1) is 0 Å². The second kappa shape index (κ2) is 9.58. The fourth-order valence-electron chi connectivity index (χ4n) is 7.98. The van der Waals surface area contributed by atoms with E-state index in [1.807, 2.05) is 0 Å². The van der Waals surface area contributed by atoms with Gasteiger partial charge < -0.3 is 16.0 Å². The van der Waals surface area contributed by atoms with Crippen LogP contribution < -0.4 is 16.0 Å². The number of allylic oxidation sites excluding steroid dienone is 6. The molecule has 2 heterocycles. The lowest BCUT2D eigenvalue weighted by molar-refractivity contribution is 0.527. The quantitative estimate of drug-likeness (QED) is 0.232. The van der Waals surface area contributed by atoms with Crippen LogP contribution in [0.15, 0.2) is 139 Å². The molecular weight excluding hydrogens is 522 g/mol. The number of hydrogen-bond donors (Lipinski definition) is 2. The van der Waals surface area contributed by atoms with Gasteiger partial charge in [-0.25, -0.2) is 0 Å². The van der Waals surface area contributed by atoms with E-state index in [0.29, 0.717) is 11.8 Å². The molecule has 2 aliphatic heterocycles. The summed E-state index contributed by atoms with van der Waals surface area (Å²) in [5, 5.41) is 6.22. The summed E-state index contributed by atoms with van der Waals surface area (Å²) in [6.07, 6.45) is 12.3. The molecule has 3 heteroatoms. The van der Waals surface area contributed by atoms with Crippen molar-refractivity contribution in [1.82, 2.24) is 0 Å². The molecule has 0 amide bonds. The summed E-state index contributed by atoms with van der Waals surface area (Å²) >= 11 is 0. The van der Waals surface area contributed by atoms with Crippen molar-refractivity contribution in [2.45, 2.75) is 31.3 Å². The lowest BCUT2D eigenvalue weighted by atomic mass is 9.76. The Balaban J connectivity index is 1.21. The van der Waals surface area contributed by atoms with Crippen molar-refractivity contribution in [3.63, 3.8) is 0 Å². The van der Waals surface area contributed by atoms with E-state index in [9.17, 15) is 0 Å². The molecule has 43 heavy (non-hydrogen) atoms. The topological polar surface area (TPSA) is 41.3 Å². The van der Waals surface area contributed by atoms with Crippen molar-refractivity contribution in [3.05, 3.63) is 150 Å². The molecule has 3 N–H and O–H groups in total. The minimum atomic E-state index is -0.00162. The number of nitrogens with one attached hydrogen (secondary N) is 1. The van der Waals surface area contributed by atoms with Gasteiger partial charge in [0.05, 0.1) is 6.17 Å². The van der Waals surface area contributed by atoms with Gasteiger partial charge in [-0.3, -0.25) is 0 Å². The summed E-state index contributed by atoms with van der Waals surface area (Å²) in [6.45, 7) is 0. The minimum absolute atomic E-state index is 0.00162. The Labute approximate surface area is 252 Å². The van der Waals surface area contributed by atoms with Gasteiger partial charge in [0.25, 0.3) is 0 Å². The van der Waals surface area contributed by atoms with E-state index in [-0.39, 0.29) is 6.17 Å². The first-order chi connectivity index (χ1) is 21.2. The Hall–Kier alpha value is -4.86. The Kier molecular flexibility index (Phi) is 5.51. The number of nitrogens with zero attached hydrogens (tertiary/aromatic N) is 1. The van der Waals surface area contributed by atoms with Crippen LogP contribution >= 0.6 is 0 Å². The number of benzene rings is 5. The SMILES string of the molecule is N[C@H]1Cc2cc(-c3ccc(Nc4ccccc4)c(-c4cccc5ccccc45)c3)cc3c2N1C1=C2C=CC=CC2CCC13. The molecule has 3 atom stereocenters. The first-order valence-corrected chi connectivity index (χ1v) is 15.5. The molecule has 2 aliphatic carbocycles. The van der Waals surface area contributed by atoms with Crippen molar-refractivity contribution >= 4 is 27.8 Å². The van der Waals surface area contributed by atoms with Crippen molar-refractivity contribution in [2.24, 2.45) is 11.7 Å². The fourth-order valence-corrected chi connectivity index (χ4v) is 7.98. The van der Waals surface area contributed by atoms with Gasteiger partial charge in [-0.1, -0.05) is 91.0 Å². The number of fused-ring (bicyclic) bond motifs is 5. The lowest BCUT2D eigenvalue weighted by Gasteiger charge is -2.34. The second-order valence-electron chi connectivity index (χ2n) is 12.3. The largest absolute Gasteiger partial charge is 0.355 e. The van der Waals surface area contributed by atoms with E-state index < -0.39 is 0 Å². The van der Waals surface area contributed by atoms with Gasteiger partial charge in [0.1, 0.15) is 0 Å². The molecule has 5 aromatic rings. The first-order valence-electron chi connectivity index (χ1n) is 15.5. The van der Waals surface area contributed by atoms with Crippen LogP contribution in [0.5, 0.6) is 0 Å². The number of anilines is 3.